The first-order chi connectivity index (χ1) is 14.8. The topological polar surface area (TPSA) is 68.6 Å². The summed E-state index contributed by atoms with van der Waals surface area (Å²) in [4.78, 5) is 14.9. The van der Waals surface area contributed by atoms with Gasteiger partial charge in [-0.2, -0.15) is 16.9 Å². The number of nitrogens with zero attached hydrogens (tertiary/aromatic N) is 3. The monoisotopic (exact) mass is 420 g/mol. The Labute approximate surface area is 178 Å². The van der Waals surface area contributed by atoms with Gasteiger partial charge in [0, 0.05) is 17.1 Å². The predicted octanol–water partition coefficient (Wildman–Crippen LogP) is 4.46. The van der Waals surface area contributed by atoms with Crippen molar-refractivity contribution in [2.24, 2.45) is 0 Å². The highest BCUT2D eigenvalue weighted by Gasteiger charge is 2.28. The Morgan fingerprint density at radius 3 is 2.60 bits per heavy atom. The van der Waals surface area contributed by atoms with Crippen LogP contribution in [0.2, 0.25) is 0 Å². The van der Waals surface area contributed by atoms with Crippen LogP contribution in [0.1, 0.15) is 16.8 Å². The molecular weight excluding hydrogens is 400 g/mol. The lowest BCUT2D eigenvalue weighted by Gasteiger charge is -2.23. The summed E-state index contributed by atoms with van der Waals surface area (Å²) in [5.74, 6) is 2.74. The zero-order valence-corrected chi connectivity index (χ0v) is 17.0. The van der Waals surface area contributed by atoms with Gasteiger partial charge in [-0.1, -0.05) is 48.5 Å². The molecule has 152 valence electrons. The summed E-state index contributed by atoms with van der Waals surface area (Å²) in [6.45, 7) is 0.459. The number of hydrogen-bond donors (Lipinski definition) is 1. The minimum Gasteiger partial charge on any atom is -0.459 e. The van der Waals surface area contributed by atoms with E-state index in [1.807, 2.05) is 65.3 Å². The Bertz CT molecular complexity index is 1080. The van der Waals surface area contributed by atoms with E-state index in [2.05, 4.69) is 5.32 Å². The van der Waals surface area contributed by atoms with Crippen LogP contribution in [0.25, 0.3) is 5.69 Å². The fourth-order valence-corrected chi connectivity index (χ4v) is 4.49. The molecule has 0 unspecified atom stereocenters. The van der Waals surface area contributed by atoms with Gasteiger partial charge in [-0.15, -0.1) is 0 Å². The van der Waals surface area contributed by atoms with Crippen LogP contribution in [-0.2, 0) is 27.5 Å². The van der Waals surface area contributed by atoms with Gasteiger partial charge in [0.2, 0.25) is 12.7 Å². The molecule has 2 aliphatic rings. The molecule has 8 heteroatoms. The highest BCUT2D eigenvalue weighted by atomic mass is 32.2. The molecule has 7 nitrogen and oxygen atoms in total. The number of rotatable bonds is 5. The van der Waals surface area contributed by atoms with Gasteiger partial charge < -0.3 is 9.47 Å². The number of nitrogens with one attached hydrogen (secondary N) is 1. The SMILES string of the molecule is O=C(Nc1c2c(nn1-c1ccccc1)CSC2)N(Cc1ccccc1)C1=COCO1. The molecule has 0 saturated heterocycles. The maximum Gasteiger partial charge on any atom is 0.330 e. The van der Waals surface area contributed by atoms with Crippen LogP contribution >= 0.6 is 11.8 Å². The van der Waals surface area contributed by atoms with Gasteiger partial charge in [-0.05, 0) is 17.7 Å². The summed E-state index contributed by atoms with van der Waals surface area (Å²) in [7, 11) is 0. The van der Waals surface area contributed by atoms with Crippen LogP contribution < -0.4 is 5.32 Å². The average molecular weight is 420 g/mol. The van der Waals surface area contributed by atoms with Crippen molar-refractivity contribution >= 4 is 23.6 Å². The number of amides is 2. The Kier molecular flexibility index (Phi) is 5.06. The number of carbonyl (C=O) groups excluding carboxylic acids is 1. The molecule has 0 aliphatic carbocycles. The molecule has 2 aromatic carbocycles. The molecule has 0 bridgehead atoms. The Hall–Kier alpha value is -3.39. The number of urea groups is 1. The largest absolute Gasteiger partial charge is 0.459 e. The van der Waals surface area contributed by atoms with Gasteiger partial charge in [-0.3, -0.25) is 10.2 Å². The quantitative estimate of drug-likeness (QED) is 0.660. The van der Waals surface area contributed by atoms with Gasteiger partial charge in [0.15, 0.2) is 0 Å². The van der Waals surface area contributed by atoms with Crippen molar-refractivity contribution in [3.05, 3.63) is 89.6 Å². The third kappa shape index (κ3) is 3.61. The van der Waals surface area contributed by atoms with Gasteiger partial charge in [-0.25, -0.2) is 9.48 Å². The first-order valence-electron chi connectivity index (χ1n) is 9.60. The molecule has 0 radical (unpaired) electrons. The molecule has 30 heavy (non-hydrogen) atoms. The summed E-state index contributed by atoms with van der Waals surface area (Å²) in [5.41, 5.74) is 3.96. The molecule has 0 atom stereocenters. The molecule has 3 aromatic rings. The van der Waals surface area contributed by atoms with Crippen molar-refractivity contribution < 1.29 is 14.3 Å². The van der Waals surface area contributed by atoms with E-state index in [-0.39, 0.29) is 12.8 Å². The van der Waals surface area contributed by atoms with Gasteiger partial charge in [0.1, 0.15) is 12.1 Å². The second-order valence-electron chi connectivity index (χ2n) is 6.90. The van der Waals surface area contributed by atoms with E-state index in [4.69, 9.17) is 14.6 Å². The van der Waals surface area contributed by atoms with Crippen molar-refractivity contribution in [1.29, 1.82) is 0 Å². The molecule has 0 spiro atoms. The maximum absolute atomic E-state index is 13.4. The number of para-hydroxylation sites is 1. The molecule has 0 saturated carbocycles. The lowest BCUT2D eigenvalue weighted by atomic mass is 10.2. The van der Waals surface area contributed by atoms with Crippen molar-refractivity contribution in [3.63, 3.8) is 0 Å². The number of carbonyl (C=O) groups is 1. The molecule has 3 heterocycles. The molecular formula is C22H20N4O3S. The van der Waals surface area contributed by atoms with Crippen molar-refractivity contribution in [1.82, 2.24) is 14.7 Å². The molecule has 0 fully saturated rings. The number of thioether (sulfide) groups is 1. The summed E-state index contributed by atoms with van der Waals surface area (Å²) in [6, 6.07) is 19.3. The van der Waals surface area contributed by atoms with Crippen LogP contribution in [0.5, 0.6) is 0 Å². The maximum atomic E-state index is 13.4. The van der Waals surface area contributed by atoms with Crippen LogP contribution in [0.4, 0.5) is 10.6 Å². The first kappa shape index (κ1) is 18.6. The van der Waals surface area contributed by atoms with Crippen molar-refractivity contribution in [3.8, 4) is 5.69 Å². The minimum atomic E-state index is -0.299. The number of benzene rings is 2. The van der Waals surface area contributed by atoms with Crippen LogP contribution in [0.15, 0.2) is 72.8 Å². The van der Waals surface area contributed by atoms with E-state index in [9.17, 15) is 4.79 Å². The van der Waals surface area contributed by atoms with Crippen LogP contribution in [-0.4, -0.2) is 27.5 Å². The molecule has 2 aliphatic heterocycles. The molecule has 5 rings (SSSR count). The predicted molar refractivity (Wildman–Crippen MR) is 115 cm³/mol. The van der Waals surface area contributed by atoms with Crippen LogP contribution in [0, 0.1) is 0 Å². The van der Waals surface area contributed by atoms with E-state index >= 15 is 0 Å². The van der Waals surface area contributed by atoms with E-state index in [0.29, 0.717) is 18.2 Å². The average Bonchev–Trinajstić information content (AvgIpc) is 3.53. The smallest absolute Gasteiger partial charge is 0.330 e. The van der Waals surface area contributed by atoms with Crippen molar-refractivity contribution in [2.45, 2.75) is 18.1 Å². The van der Waals surface area contributed by atoms with E-state index in [0.717, 1.165) is 34.0 Å². The Balaban J connectivity index is 1.47. The standard InChI is InChI=1S/C22H20N4O3S/c27-22(25(20-12-28-15-29-20)11-16-7-3-1-4-8-16)23-21-18-13-30-14-19(18)24-26(21)17-9-5-2-6-10-17/h1-10,12H,11,13-15H2,(H,23,27). The van der Waals surface area contributed by atoms with E-state index in [1.165, 1.54) is 6.26 Å². The molecule has 2 amide bonds. The number of fused-ring (bicyclic) bond motifs is 1. The van der Waals surface area contributed by atoms with E-state index < -0.39 is 0 Å². The van der Waals surface area contributed by atoms with Crippen LogP contribution in [0.3, 0.4) is 0 Å². The Morgan fingerprint density at radius 2 is 1.87 bits per heavy atom. The van der Waals surface area contributed by atoms with Gasteiger partial charge >= 0.3 is 6.03 Å². The van der Waals surface area contributed by atoms with E-state index in [1.54, 1.807) is 16.7 Å². The zero-order valence-electron chi connectivity index (χ0n) is 16.2. The number of anilines is 1. The molecule has 1 aromatic heterocycles. The number of hydrogen-bond acceptors (Lipinski definition) is 5. The lowest BCUT2D eigenvalue weighted by Crippen LogP contribution is -2.35. The minimum absolute atomic E-state index is 0.0991. The molecule has 1 N–H and O–H groups in total. The summed E-state index contributed by atoms with van der Waals surface area (Å²) in [6.07, 6.45) is 1.47. The third-order valence-corrected chi connectivity index (χ3v) is 5.90. The highest BCUT2D eigenvalue weighted by molar-refractivity contribution is 7.98. The number of ether oxygens (including phenoxy) is 2. The Morgan fingerprint density at radius 1 is 1.10 bits per heavy atom. The normalized spacial score (nSPS) is 14.5. The number of aromatic nitrogens is 2. The lowest BCUT2D eigenvalue weighted by molar-refractivity contribution is 0.0554. The first-order valence-corrected chi connectivity index (χ1v) is 10.8. The summed E-state index contributed by atoms with van der Waals surface area (Å²) >= 11 is 1.79. The summed E-state index contributed by atoms with van der Waals surface area (Å²) < 4.78 is 12.5. The van der Waals surface area contributed by atoms with Gasteiger partial charge in [0.05, 0.1) is 17.9 Å². The second kappa shape index (κ2) is 8.16. The summed E-state index contributed by atoms with van der Waals surface area (Å²) in [5, 5.41) is 7.83. The zero-order chi connectivity index (χ0) is 20.3. The van der Waals surface area contributed by atoms with Crippen molar-refractivity contribution in [2.75, 3.05) is 12.1 Å². The van der Waals surface area contributed by atoms with Gasteiger partial charge in [0.25, 0.3) is 0 Å². The fraction of sp³-hybridized carbons (Fsp3) is 0.182. The highest BCUT2D eigenvalue weighted by Crippen LogP contribution is 2.36. The fourth-order valence-electron chi connectivity index (χ4n) is 3.46. The second-order valence-corrected chi connectivity index (χ2v) is 7.89. The third-order valence-electron chi connectivity index (χ3n) is 4.93.